The van der Waals surface area contributed by atoms with Gasteiger partial charge in [0, 0.05) is 18.7 Å². The molecule has 0 aliphatic rings. The Kier molecular flexibility index (Phi) is 3.01. The van der Waals surface area contributed by atoms with Gasteiger partial charge in [-0.05, 0) is 32.0 Å². The molecule has 2 heterocycles. The molecular weight excluding hydrogens is 268 g/mol. The SMILES string of the molecule is CC(C)n1cnc2cc(-c3cc(C(=O)O)nn3C)ccc21. The number of benzene rings is 1. The Labute approximate surface area is 121 Å². The molecular formula is C15H16N4O2. The van der Waals surface area contributed by atoms with Gasteiger partial charge in [0.15, 0.2) is 5.69 Å². The molecule has 2 aromatic heterocycles. The van der Waals surface area contributed by atoms with Crippen molar-refractivity contribution >= 4 is 17.0 Å². The molecule has 0 radical (unpaired) electrons. The first-order valence-corrected chi connectivity index (χ1v) is 6.71. The second-order valence-corrected chi connectivity index (χ2v) is 5.29. The third kappa shape index (κ3) is 2.18. The van der Waals surface area contributed by atoms with Gasteiger partial charge in [-0.25, -0.2) is 9.78 Å². The van der Waals surface area contributed by atoms with Crippen LogP contribution in [0.25, 0.3) is 22.3 Å². The number of rotatable bonds is 3. The van der Waals surface area contributed by atoms with Gasteiger partial charge in [-0.15, -0.1) is 0 Å². The smallest absolute Gasteiger partial charge is 0.356 e. The molecule has 0 saturated carbocycles. The van der Waals surface area contributed by atoms with Gasteiger partial charge in [-0.2, -0.15) is 5.10 Å². The van der Waals surface area contributed by atoms with Crippen molar-refractivity contribution in [2.45, 2.75) is 19.9 Å². The molecule has 0 fully saturated rings. The fourth-order valence-electron chi connectivity index (χ4n) is 2.44. The zero-order chi connectivity index (χ0) is 15.1. The summed E-state index contributed by atoms with van der Waals surface area (Å²) in [6.45, 7) is 4.21. The third-order valence-corrected chi connectivity index (χ3v) is 3.53. The number of fused-ring (bicyclic) bond motifs is 1. The highest BCUT2D eigenvalue weighted by molar-refractivity contribution is 5.88. The number of carboxylic acids is 1. The highest BCUT2D eigenvalue weighted by Gasteiger charge is 2.14. The number of carboxylic acid groups (broad SMARTS) is 1. The molecule has 0 unspecified atom stereocenters. The molecule has 0 saturated heterocycles. The van der Waals surface area contributed by atoms with Crippen molar-refractivity contribution in [1.82, 2.24) is 19.3 Å². The second-order valence-electron chi connectivity index (χ2n) is 5.29. The normalized spacial score (nSPS) is 11.4. The largest absolute Gasteiger partial charge is 0.476 e. The van der Waals surface area contributed by atoms with Crippen molar-refractivity contribution in [3.63, 3.8) is 0 Å². The fraction of sp³-hybridized carbons (Fsp3) is 0.267. The number of aromatic nitrogens is 4. The van der Waals surface area contributed by atoms with Crippen LogP contribution in [0.1, 0.15) is 30.4 Å². The predicted octanol–water partition coefficient (Wildman–Crippen LogP) is 2.72. The minimum atomic E-state index is -1.03. The summed E-state index contributed by atoms with van der Waals surface area (Å²) in [6, 6.07) is 7.84. The zero-order valence-electron chi connectivity index (χ0n) is 12.1. The Balaban J connectivity index is 2.11. The standard InChI is InChI=1S/C15H16N4O2/c1-9(2)19-8-16-11-6-10(4-5-13(11)19)14-7-12(15(20)21)17-18(14)3/h4-9H,1-3H3,(H,20,21). The molecule has 108 valence electrons. The van der Waals surface area contributed by atoms with Gasteiger partial charge < -0.3 is 9.67 Å². The lowest BCUT2D eigenvalue weighted by Gasteiger charge is -2.08. The lowest BCUT2D eigenvalue weighted by atomic mass is 10.1. The first-order chi connectivity index (χ1) is 9.97. The highest BCUT2D eigenvalue weighted by atomic mass is 16.4. The van der Waals surface area contributed by atoms with E-state index in [0.717, 1.165) is 22.3 Å². The summed E-state index contributed by atoms with van der Waals surface area (Å²) in [5, 5.41) is 13.0. The van der Waals surface area contributed by atoms with Crippen LogP contribution >= 0.6 is 0 Å². The molecule has 3 rings (SSSR count). The maximum atomic E-state index is 11.0. The van der Waals surface area contributed by atoms with E-state index >= 15 is 0 Å². The van der Waals surface area contributed by atoms with E-state index in [1.807, 2.05) is 24.5 Å². The summed E-state index contributed by atoms with van der Waals surface area (Å²) in [5.41, 5.74) is 3.65. The number of aryl methyl sites for hydroxylation is 1. The third-order valence-electron chi connectivity index (χ3n) is 3.53. The number of imidazole rings is 1. The Morgan fingerprint density at radius 2 is 2.05 bits per heavy atom. The van der Waals surface area contributed by atoms with E-state index in [1.54, 1.807) is 17.8 Å². The molecule has 6 heteroatoms. The minimum Gasteiger partial charge on any atom is -0.476 e. The summed E-state index contributed by atoms with van der Waals surface area (Å²) < 4.78 is 3.68. The van der Waals surface area contributed by atoms with Gasteiger partial charge >= 0.3 is 5.97 Å². The van der Waals surface area contributed by atoms with Crippen LogP contribution in [-0.2, 0) is 7.05 Å². The van der Waals surface area contributed by atoms with Crippen LogP contribution in [0.3, 0.4) is 0 Å². The molecule has 0 aliphatic carbocycles. The van der Waals surface area contributed by atoms with E-state index in [-0.39, 0.29) is 5.69 Å². The molecule has 6 nitrogen and oxygen atoms in total. The van der Waals surface area contributed by atoms with Crippen LogP contribution in [0.4, 0.5) is 0 Å². The van der Waals surface area contributed by atoms with E-state index in [4.69, 9.17) is 5.11 Å². The van der Waals surface area contributed by atoms with Crippen molar-refractivity contribution in [2.24, 2.45) is 7.05 Å². The van der Waals surface area contributed by atoms with Crippen LogP contribution in [0.5, 0.6) is 0 Å². The van der Waals surface area contributed by atoms with Crippen LogP contribution in [-0.4, -0.2) is 30.4 Å². The van der Waals surface area contributed by atoms with Crippen molar-refractivity contribution in [3.05, 3.63) is 36.3 Å². The second kappa shape index (κ2) is 4.73. The molecule has 0 aliphatic heterocycles. The average molecular weight is 284 g/mol. The maximum Gasteiger partial charge on any atom is 0.356 e. The Hall–Kier alpha value is -2.63. The molecule has 0 bridgehead atoms. The van der Waals surface area contributed by atoms with Gasteiger partial charge in [-0.1, -0.05) is 6.07 Å². The molecule has 1 aromatic carbocycles. The predicted molar refractivity (Wildman–Crippen MR) is 79.3 cm³/mol. The molecule has 0 spiro atoms. The monoisotopic (exact) mass is 284 g/mol. The summed E-state index contributed by atoms with van der Waals surface area (Å²) in [6.07, 6.45) is 1.82. The maximum absolute atomic E-state index is 11.0. The summed E-state index contributed by atoms with van der Waals surface area (Å²) >= 11 is 0. The number of hydrogen-bond acceptors (Lipinski definition) is 3. The first-order valence-electron chi connectivity index (χ1n) is 6.71. The lowest BCUT2D eigenvalue weighted by Crippen LogP contribution is -1.99. The number of hydrogen-bond donors (Lipinski definition) is 1. The zero-order valence-corrected chi connectivity index (χ0v) is 12.1. The van der Waals surface area contributed by atoms with Gasteiger partial charge in [0.1, 0.15) is 0 Å². The van der Waals surface area contributed by atoms with Crippen LogP contribution in [0.15, 0.2) is 30.6 Å². The van der Waals surface area contributed by atoms with E-state index in [1.165, 1.54) is 0 Å². The van der Waals surface area contributed by atoms with Crippen LogP contribution in [0.2, 0.25) is 0 Å². The first kappa shape index (κ1) is 13.4. The number of nitrogens with zero attached hydrogens (tertiary/aromatic N) is 4. The van der Waals surface area contributed by atoms with E-state index in [2.05, 4.69) is 28.5 Å². The molecule has 1 N–H and O–H groups in total. The van der Waals surface area contributed by atoms with Crippen LogP contribution < -0.4 is 0 Å². The highest BCUT2D eigenvalue weighted by Crippen LogP contribution is 2.25. The summed E-state index contributed by atoms with van der Waals surface area (Å²) in [4.78, 5) is 15.4. The summed E-state index contributed by atoms with van der Waals surface area (Å²) in [5.74, 6) is -1.03. The van der Waals surface area contributed by atoms with Crippen LogP contribution in [0, 0.1) is 0 Å². The minimum absolute atomic E-state index is 0.0420. The van der Waals surface area contributed by atoms with Crippen molar-refractivity contribution in [3.8, 4) is 11.3 Å². The summed E-state index contributed by atoms with van der Waals surface area (Å²) in [7, 11) is 1.73. The van der Waals surface area contributed by atoms with Crippen molar-refractivity contribution in [1.29, 1.82) is 0 Å². The molecule has 0 amide bonds. The molecule has 0 atom stereocenters. The van der Waals surface area contributed by atoms with Gasteiger partial charge in [0.2, 0.25) is 0 Å². The Bertz CT molecular complexity index is 829. The van der Waals surface area contributed by atoms with Gasteiger partial charge in [0.05, 0.1) is 23.1 Å². The van der Waals surface area contributed by atoms with Crippen molar-refractivity contribution in [2.75, 3.05) is 0 Å². The Morgan fingerprint density at radius 3 is 2.67 bits per heavy atom. The molecule has 21 heavy (non-hydrogen) atoms. The molecule has 3 aromatic rings. The fourth-order valence-corrected chi connectivity index (χ4v) is 2.44. The average Bonchev–Trinajstić information content (AvgIpc) is 3.01. The number of carbonyl (C=O) groups is 1. The van der Waals surface area contributed by atoms with E-state index < -0.39 is 5.97 Å². The van der Waals surface area contributed by atoms with E-state index in [9.17, 15) is 4.79 Å². The number of aromatic carboxylic acids is 1. The van der Waals surface area contributed by atoms with Gasteiger partial charge in [-0.3, -0.25) is 4.68 Å². The van der Waals surface area contributed by atoms with Crippen molar-refractivity contribution < 1.29 is 9.90 Å². The van der Waals surface area contributed by atoms with Gasteiger partial charge in [0.25, 0.3) is 0 Å². The Morgan fingerprint density at radius 1 is 1.29 bits per heavy atom. The topological polar surface area (TPSA) is 72.9 Å². The lowest BCUT2D eigenvalue weighted by molar-refractivity contribution is 0.0689. The quantitative estimate of drug-likeness (QED) is 0.802. The van der Waals surface area contributed by atoms with E-state index in [0.29, 0.717) is 6.04 Å².